The third-order valence-electron chi connectivity index (χ3n) is 23.3. The van der Waals surface area contributed by atoms with Gasteiger partial charge in [-0.1, -0.05) is 32.9 Å². The molecule has 19 unspecified atom stereocenters. The zero-order valence-corrected chi connectivity index (χ0v) is 64.4. The first kappa shape index (κ1) is 126. The lowest BCUT2D eigenvalue weighted by molar-refractivity contribution is -0.500. The van der Waals surface area contributed by atoms with Gasteiger partial charge in [0.25, 0.3) is 34.6 Å². The van der Waals surface area contributed by atoms with Gasteiger partial charge in [0, 0.05) is 68.9 Å². The topological polar surface area (TPSA) is 293 Å². The van der Waals surface area contributed by atoms with Gasteiger partial charge in [0.2, 0.25) is 33.9 Å². The molecule has 0 saturated heterocycles. The number of carbonyl (C=O) groups is 5. The maximum Gasteiger partial charge on any atom is 0.355 e. The Kier molecular flexibility index (Phi) is 32.3. The Hall–Kier alpha value is -7.84. The lowest BCUT2D eigenvalue weighted by Gasteiger charge is -2.63. The van der Waals surface area contributed by atoms with E-state index in [-0.39, 0.29) is 52.5 Å². The van der Waals surface area contributed by atoms with Crippen molar-refractivity contribution >= 4 is 29.8 Å². The summed E-state index contributed by atoms with van der Waals surface area (Å²) in [4.78, 5) is 56.2. The SMILES string of the molecule is C=CC(=O)OC12CC(F)(CF)C(F)(F)C(O)(CC(O)(F)C1(F)F)C2(F)F.C=CC(=O)OC12CC(F)(F)C(F)(F)C(F)(C(F)(F)C(F)(CF)C1)C2(F)F.C=CC(=O)OC12CC(O)(CF)CC(O)(C(F)(F)C(O)(F)C1)C2(F)F.C=CC(=O)OC12CC(O)(F)C(F)(F)C(F)(C(F)(F)C(F)(CF)C1)C2(F)F.C=CC(=O)OC12CC(O)(F)C(F)(F)C(O)(C(F)(F)C(F)(CF)C1)C2(F)F.F.F.F.F.F.F. The van der Waals surface area contributed by atoms with Crippen molar-refractivity contribution in [3.05, 3.63) is 63.3 Å². The number of ether oxygens (including phenoxy) is 5. The third kappa shape index (κ3) is 14.5. The molecule has 0 aromatic heterocycles. The number of esters is 5. The fourth-order valence-electron chi connectivity index (χ4n) is 16.7. The van der Waals surface area contributed by atoms with E-state index in [0.29, 0.717) is 6.08 Å². The van der Waals surface area contributed by atoms with Crippen LogP contribution in [0, 0.1) is 0 Å². The second-order valence-corrected chi connectivity index (χ2v) is 31.2. The van der Waals surface area contributed by atoms with Gasteiger partial charge in [-0.15, -0.1) is 0 Å². The number of aliphatic hydroxyl groups is 8. The predicted molar refractivity (Wildman–Crippen MR) is 332 cm³/mol. The maximum atomic E-state index is 14.6. The zero-order chi connectivity index (χ0) is 101. The summed E-state index contributed by atoms with van der Waals surface area (Å²) in [6.45, 7) is 0.150. The molecule has 0 amide bonds. The van der Waals surface area contributed by atoms with Crippen molar-refractivity contribution in [3.63, 3.8) is 0 Å². The molecule has 69 heteroatoms. The summed E-state index contributed by atoms with van der Waals surface area (Å²) in [5.41, 5.74) is -74.8. The average Bonchev–Trinajstić information content (AvgIpc) is 0.650. The molecule has 0 aromatic carbocycles. The van der Waals surface area contributed by atoms with Crippen LogP contribution >= 0.6 is 0 Å². The van der Waals surface area contributed by atoms with Crippen molar-refractivity contribution in [2.75, 3.05) is 33.4 Å². The van der Waals surface area contributed by atoms with Crippen LogP contribution in [0.2, 0.25) is 0 Å². The molecule has 10 bridgehead atoms. The van der Waals surface area contributed by atoms with Gasteiger partial charge in [-0.25, -0.2) is 89.8 Å². The summed E-state index contributed by atoms with van der Waals surface area (Å²) in [7, 11) is 0. The lowest BCUT2D eigenvalue weighted by Crippen LogP contribution is -2.91. The molecule has 0 aliphatic heterocycles. The Balaban J connectivity index is 0.00000163. The van der Waals surface area contributed by atoms with Gasteiger partial charge in [0.05, 0.1) is 32.1 Å². The summed E-state index contributed by atoms with van der Waals surface area (Å²) in [6.07, 6.45) is -27.3. The first-order valence-electron chi connectivity index (χ1n) is 33.8. The Morgan fingerprint density at radius 2 is 0.485 bits per heavy atom. The first-order valence-corrected chi connectivity index (χ1v) is 33.8. The highest BCUT2D eigenvalue weighted by Gasteiger charge is 3.06. The van der Waals surface area contributed by atoms with Gasteiger partial charge in [-0.3, -0.25) is 28.2 Å². The van der Waals surface area contributed by atoms with E-state index >= 15 is 0 Å². The van der Waals surface area contributed by atoms with Crippen LogP contribution < -0.4 is 0 Å². The minimum atomic E-state index is -6.89. The van der Waals surface area contributed by atoms with E-state index in [2.05, 4.69) is 56.6 Å². The minimum absolute atomic E-state index is 0. The van der Waals surface area contributed by atoms with Crippen LogP contribution in [0.3, 0.4) is 0 Å². The normalized spacial score (nSPS) is 43.0. The Bertz CT molecular complexity index is 4170. The summed E-state index contributed by atoms with van der Waals surface area (Å²) < 4.78 is 652. The van der Waals surface area contributed by atoms with Gasteiger partial charge in [-0.05, 0) is 0 Å². The summed E-state index contributed by atoms with van der Waals surface area (Å²) >= 11 is 0. The van der Waals surface area contributed by atoms with Crippen LogP contribution in [0.15, 0.2) is 63.3 Å². The lowest BCUT2D eigenvalue weighted by atomic mass is 9.54. The zero-order valence-electron chi connectivity index (χ0n) is 64.4. The van der Waals surface area contributed by atoms with Crippen LogP contribution in [0.4, 0.5) is 226 Å². The quantitative estimate of drug-likeness (QED) is 0.0327. The molecule has 19 atom stereocenters. The standard InChI is InChI=1S/C13H9F11O2.C13H10F10O3.2C13H11F9O4.C13H14F6O5.6FH/c1-2-6(25)26-8-3-7(15,5-14)11(19,20)10(18,12(8,21)22)13(23,24)9(16,17)4-8;1-2-6(24)26-8-3-7(15,5-14)11(18,19)10(17,12(8,20)21)13(22,23)9(16,25)4-8;1-2-6(23)26-9-3-7(15,5-14)11(17,18)8(24,12(9,19)20)4-10(16,25)13(9,21)22;1-2-6(23)26-8-3-7(15,5-14)11(17,18)10(25,12(8,19)20)13(21,22)9(16,24)4-8;1-2-7(20)24-9-3-8(21,6-14)4-10(22,12(9,16)17)13(18,19)11(15,23)5-9;;;;;;/h2H,1,3-5H2;2,25H,1,3-5H2;2*2,24-25H,1,3-5H2;2,21-23H,1,3-6H2;6*1H. The highest BCUT2D eigenvalue weighted by Crippen LogP contribution is 2.79. The molecule has 8 N–H and O–H groups in total. The number of rotatable bonds is 15. The van der Waals surface area contributed by atoms with E-state index < -0.39 is 331 Å². The highest BCUT2D eigenvalue weighted by atomic mass is 19.4. The second-order valence-electron chi connectivity index (χ2n) is 31.2. The van der Waals surface area contributed by atoms with Crippen molar-refractivity contribution < 1.29 is 314 Å². The minimum Gasteiger partial charge on any atom is -0.449 e. The Morgan fingerprint density at radius 3 is 0.799 bits per heavy atom. The van der Waals surface area contributed by atoms with E-state index in [0.717, 1.165) is 0 Å². The predicted octanol–water partition coefficient (Wildman–Crippen LogP) is 13.8. The molecular formula is C65H61F51O18. The van der Waals surface area contributed by atoms with Crippen molar-refractivity contribution in [2.24, 2.45) is 0 Å². The molecular weight excluding hydrogens is 2040 g/mol. The van der Waals surface area contributed by atoms with Gasteiger partial charge in [-0.2, -0.15) is 132 Å². The number of alkyl halides is 45. The van der Waals surface area contributed by atoms with E-state index in [4.69, 9.17) is 15.3 Å². The Labute approximate surface area is 707 Å². The van der Waals surface area contributed by atoms with E-state index in [1.54, 1.807) is 0 Å². The molecule has 10 aliphatic carbocycles. The number of halogens is 51. The summed E-state index contributed by atoms with van der Waals surface area (Å²) in [5.74, 6) is -122. The molecule has 0 radical (unpaired) electrons. The molecule has 0 aromatic rings. The number of hydrogen-bond acceptors (Lipinski definition) is 18. The largest absolute Gasteiger partial charge is 0.449 e. The van der Waals surface area contributed by atoms with Gasteiger partial charge < -0.3 is 64.5 Å². The van der Waals surface area contributed by atoms with Gasteiger partial charge in [0.15, 0.2) is 22.4 Å². The molecule has 0 spiro atoms. The van der Waals surface area contributed by atoms with Crippen LogP contribution in [-0.4, -0.2) is 301 Å². The molecule has 10 fully saturated rings. The smallest absolute Gasteiger partial charge is 0.355 e. The van der Waals surface area contributed by atoms with Crippen molar-refractivity contribution in [1.82, 2.24) is 0 Å². The molecule has 10 rings (SSSR count). The van der Waals surface area contributed by atoms with E-state index in [9.17, 15) is 247 Å². The molecule has 0 heterocycles. The first-order chi connectivity index (χ1) is 56.4. The number of fused-ring (bicyclic) bond motifs is 10. The number of hydrogen-bond donors (Lipinski definition) is 8. The Morgan fingerprint density at radius 1 is 0.231 bits per heavy atom. The summed E-state index contributed by atoms with van der Waals surface area (Å²) in [5, 5.41) is 75.7. The van der Waals surface area contributed by atoms with Crippen molar-refractivity contribution in [2.45, 2.75) is 267 Å². The van der Waals surface area contributed by atoms with Crippen LogP contribution in [0.25, 0.3) is 0 Å². The molecule has 10 aliphatic rings. The van der Waals surface area contributed by atoms with Gasteiger partial charge in [0.1, 0.15) is 39.0 Å². The molecule has 18 nitrogen and oxygen atoms in total. The van der Waals surface area contributed by atoms with E-state index in [1.807, 2.05) is 0 Å². The van der Waals surface area contributed by atoms with Crippen LogP contribution in [-0.2, 0) is 47.7 Å². The number of carbonyl (C=O) groups excluding carboxylic acids is 5. The summed E-state index contributed by atoms with van der Waals surface area (Å²) in [6, 6.07) is 0. The van der Waals surface area contributed by atoms with Crippen molar-refractivity contribution in [1.29, 1.82) is 0 Å². The fraction of sp³-hybridized carbons (Fsp3) is 0.769. The maximum absolute atomic E-state index is 14.6. The molecule has 786 valence electrons. The van der Waals surface area contributed by atoms with Crippen LogP contribution in [0.5, 0.6) is 0 Å². The fourth-order valence-corrected chi connectivity index (χ4v) is 16.7. The molecule has 10 saturated carbocycles. The highest BCUT2D eigenvalue weighted by molar-refractivity contribution is 5.84. The average molecular weight is 2100 g/mol. The van der Waals surface area contributed by atoms with Crippen LogP contribution in [0.1, 0.15) is 70.6 Å². The van der Waals surface area contributed by atoms with Crippen molar-refractivity contribution in [3.8, 4) is 0 Å². The second kappa shape index (κ2) is 34.3. The monoisotopic (exact) mass is 2100 g/mol. The third-order valence-corrected chi connectivity index (χ3v) is 23.3. The van der Waals surface area contributed by atoms with E-state index in [1.165, 1.54) is 0 Å². The van der Waals surface area contributed by atoms with Gasteiger partial charge >= 0.3 is 130 Å². The molecule has 134 heavy (non-hydrogen) atoms.